The second-order valence-corrected chi connectivity index (χ2v) is 5.58. The summed E-state index contributed by atoms with van der Waals surface area (Å²) in [5.74, 6) is 2.48. The van der Waals surface area contributed by atoms with Gasteiger partial charge in [0.2, 0.25) is 5.91 Å². The van der Waals surface area contributed by atoms with Gasteiger partial charge in [0.25, 0.3) is 0 Å². The second-order valence-electron chi connectivity index (χ2n) is 4.19. The molecule has 0 saturated carbocycles. The molecule has 0 aromatic rings. The molecule has 0 aromatic carbocycles. The van der Waals surface area contributed by atoms with Crippen molar-refractivity contribution in [2.75, 3.05) is 31.6 Å². The van der Waals surface area contributed by atoms with Gasteiger partial charge in [0, 0.05) is 13.6 Å². The zero-order valence-corrected chi connectivity index (χ0v) is 11.2. The van der Waals surface area contributed by atoms with Crippen molar-refractivity contribution in [3.63, 3.8) is 0 Å². The van der Waals surface area contributed by atoms with Crippen LogP contribution in [0, 0.1) is 5.41 Å². The van der Waals surface area contributed by atoms with Gasteiger partial charge in [-0.1, -0.05) is 6.92 Å². The van der Waals surface area contributed by atoms with E-state index in [0.717, 1.165) is 13.1 Å². The summed E-state index contributed by atoms with van der Waals surface area (Å²) in [5.41, 5.74) is -0.313. The molecule has 3 nitrogen and oxygen atoms in total. The smallest absolute Gasteiger partial charge is 0.226 e. The molecule has 0 radical (unpaired) electrons. The van der Waals surface area contributed by atoms with Crippen LogP contribution >= 0.6 is 11.8 Å². The summed E-state index contributed by atoms with van der Waals surface area (Å²) < 4.78 is 0. The predicted molar refractivity (Wildman–Crippen MR) is 68.3 cm³/mol. The molecule has 90 valence electrons. The van der Waals surface area contributed by atoms with Crippen molar-refractivity contribution in [1.82, 2.24) is 10.6 Å². The van der Waals surface area contributed by atoms with Crippen LogP contribution in [0.15, 0.2) is 0 Å². The molecule has 0 atom stereocenters. The topological polar surface area (TPSA) is 41.1 Å². The van der Waals surface area contributed by atoms with Gasteiger partial charge in [-0.15, -0.1) is 0 Å². The van der Waals surface area contributed by atoms with Gasteiger partial charge in [0.05, 0.1) is 5.41 Å². The lowest BCUT2D eigenvalue weighted by Crippen LogP contribution is -2.42. The fourth-order valence-corrected chi connectivity index (χ4v) is 1.90. The maximum absolute atomic E-state index is 11.4. The molecule has 2 N–H and O–H groups in total. The largest absolute Gasteiger partial charge is 0.359 e. The number of amides is 1. The van der Waals surface area contributed by atoms with Gasteiger partial charge in [-0.2, -0.15) is 11.8 Å². The molecule has 0 aliphatic rings. The van der Waals surface area contributed by atoms with E-state index >= 15 is 0 Å². The van der Waals surface area contributed by atoms with Crippen LogP contribution < -0.4 is 10.6 Å². The van der Waals surface area contributed by atoms with Crippen LogP contribution in [0.2, 0.25) is 0 Å². The number of rotatable bonds is 8. The summed E-state index contributed by atoms with van der Waals surface area (Å²) in [4.78, 5) is 11.4. The van der Waals surface area contributed by atoms with E-state index in [1.807, 2.05) is 25.6 Å². The van der Waals surface area contributed by atoms with E-state index in [2.05, 4.69) is 17.6 Å². The number of carbonyl (C=O) groups is 1. The predicted octanol–water partition coefficient (Wildman–Crippen LogP) is 1.49. The summed E-state index contributed by atoms with van der Waals surface area (Å²) in [7, 11) is 1.68. The van der Waals surface area contributed by atoms with Crippen molar-refractivity contribution >= 4 is 17.7 Å². The Morgan fingerprint density at radius 1 is 1.40 bits per heavy atom. The minimum atomic E-state index is -0.313. The summed E-state index contributed by atoms with van der Waals surface area (Å²) in [6, 6.07) is 0. The van der Waals surface area contributed by atoms with Gasteiger partial charge in [0.1, 0.15) is 0 Å². The third-order valence-electron chi connectivity index (χ3n) is 2.26. The minimum Gasteiger partial charge on any atom is -0.359 e. The molecular formula is C11H24N2OS. The zero-order valence-electron chi connectivity index (χ0n) is 10.4. The van der Waals surface area contributed by atoms with E-state index < -0.39 is 0 Å². The Hall–Kier alpha value is -0.220. The Balaban J connectivity index is 3.53. The van der Waals surface area contributed by atoms with Gasteiger partial charge < -0.3 is 10.6 Å². The lowest BCUT2D eigenvalue weighted by molar-refractivity contribution is -0.128. The first-order valence-electron chi connectivity index (χ1n) is 5.55. The summed E-state index contributed by atoms with van der Waals surface area (Å²) in [5, 5.41) is 6.01. The lowest BCUT2D eigenvalue weighted by Gasteiger charge is -2.22. The zero-order chi connectivity index (χ0) is 11.7. The van der Waals surface area contributed by atoms with Gasteiger partial charge in [-0.3, -0.25) is 4.79 Å². The molecule has 0 aliphatic carbocycles. The van der Waals surface area contributed by atoms with E-state index in [9.17, 15) is 4.79 Å². The lowest BCUT2D eigenvalue weighted by atomic mass is 9.92. The van der Waals surface area contributed by atoms with Crippen molar-refractivity contribution in [2.24, 2.45) is 5.41 Å². The summed E-state index contributed by atoms with van der Waals surface area (Å²) in [6.07, 6.45) is 1.17. The molecule has 0 spiro atoms. The maximum atomic E-state index is 11.4. The van der Waals surface area contributed by atoms with Gasteiger partial charge >= 0.3 is 0 Å². The fourth-order valence-electron chi connectivity index (χ4n) is 1.26. The van der Waals surface area contributed by atoms with Gasteiger partial charge in [0.15, 0.2) is 0 Å². The molecule has 0 aromatic heterocycles. The third-order valence-corrected chi connectivity index (χ3v) is 3.24. The van der Waals surface area contributed by atoms with E-state index in [1.54, 1.807) is 7.05 Å². The van der Waals surface area contributed by atoms with Crippen molar-refractivity contribution in [3.05, 3.63) is 0 Å². The molecule has 1 amide bonds. The van der Waals surface area contributed by atoms with Crippen molar-refractivity contribution in [1.29, 1.82) is 0 Å². The van der Waals surface area contributed by atoms with Crippen molar-refractivity contribution in [2.45, 2.75) is 27.2 Å². The molecule has 15 heavy (non-hydrogen) atoms. The normalized spacial score (nSPS) is 11.5. The molecule has 0 rings (SSSR count). The molecule has 0 bridgehead atoms. The van der Waals surface area contributed by atoms with Gasteiger partial charge in [-0.05, 0) is 38.3 Å². The summed E-state index contributed by atoms with van der Waals surface area (Å²) in [6.45, 7) is 7.82. The average Bonchev–Trinajstić information content (AvgIpc) is 2.22. The maximum Gasteiger partial charge on any atom is 0.226 e. The Kier molecular flexibility index (Phi) is 7.88. The number of hydrogen-bond acceptors (Lipinski definition) is 3. The van der Waals surface area contributed by atoms with Gasteiger partial charge in [-0.25, -0.2) is 0 Å². The number of thioether (sulfide) groups is 1. The highest BCUT2D eigenvalue weighted by molar-refractivity contribution is 7.99. The van der Waals surface area contributed by atoms with E-state index in [-0.39, 0.29) is 11.3 Å². The first-order chi connectivity index (χ1) is 7.04. The van der Waals surface area contributed by atoms with E-state index in [4.69, 9.17) is 0 Å². The van der Waals surface area contributed by atoms with Crippen LogP contribution in [-0.2, 0) is 4.79 Å². The minimum absolute atomic E-state index is 0.0953. The number of hydrogen-bond donors (Lipinski definition) is 2. The van der Waals surface area contributed by atoms with Crippen LogP contribution in [0.5, 0.6) is 0 Å². The number of nitrogens with one attached hydrogen (secondary N) is 2. The Morgan fingerprint density at radius 3 is 2.60 bits per heavy atom. The molecule has 0 heterocycles. The molecule has 0 aliphatic heterocycles. The highest BCUT2D eigenvalue weighted by Crippen LogP contribution is 2.12. The van der Waals surface area contributed by atoms with Crippen LogP contribution in [-0.4, -0.2) is 37.6 Å². The Bertz CT molecular complexity index is 183. The highest BCUT2D eigenvalue weighted by Gasteiger charge is 2.25. The van der Waals surface area contributed by atoms with Crippen LogP contribution in [0.4, 0.5) is 0 Å². The molecular weight excluding hydrogens is 208 g/mol. The van der Waals surface area contributed by atoms with Crippen LogP contribution in [0.1, 0.15) is 27.2 Å². The Morgan fingerprint density at radius 2 is 2.07 bits per heavy atom. The number of carbonyl (C=O) groups excluding carboxylic acids is 1. The molecule has 0 saturated heterocycles. The van der Waals surface area contributed by atoms with Crippen molar-refractivity contribution < 1.29 is 4.79 Å². The molecule has 0 fully saturated rings. The van der Waals surface area contributed by atoms with Crippen LogP contribution in [0.3, 0.4) is 0 Å². The molecule has 4 heteroatoms. The SMILES string of the molecule is CCSCCCNCC(C)(C)C(=O)NC. The quantitative estimate of drug-likeness (QED) is 0.623. The third kappa shape index (κ3) is 6.79. The second kappa shape index (κ2) is 7.99. The fraction of sp³-hybridized carbons (Fsp3) is 0.909. The Labute approximate surface area is 97.8 Å². The van der Waals surface area contributed by atoms with Crippen LogP contribution in [0.25, 0.3) is 0 Å². The standard InChI is InChI=1S/C11H24N2OS/c1-5-15-8-6-7-13-9-11(2,3)10(14)12-4/h13H,5-9H2,1-4H3,(H,12,14). The van der Waals surface area contributed by atoms with Crippen molar-refractivity contribution in [3.8, 4) is 0 Å². The van der Waals surface area contributed by atoms with E-state index in [1.165, 1.54) is 17.9 Å². The first-order valence-corrected chi connectivity index (χ1v) is 6.70. The first kappa shape index (κ1) is 14.8. The monoisotopic (exact) mass is 232 g/mol. The van der Waals surface area contributed by atoms with E-state index in [0.29, 0.717) is 0 Å². The highest BCUT2D eigenvalue weighted by atomic mass is 32.2. The summed E-state index contributed by atoms with van der Waals surface area (Å²) >= 11 is 1.96. The average molecular weight is 232 g/mol. The molecule has 0 unspecified atom stereocenters.